The van der Waals surface area contributed by atoms with Gasteiger partial charge in [0.2, 0.25) is 0 Å². The standard InChI is InChI=1S/C14H18N2O2/c15-11-6-3-7-12-14(11)16(13(17)9-18-12)8-10-4-1-2-5-10/h3,6-7,10H,1-2,4-5,8-9,15H2. The van der Waals surface area contributed by atoms with E-state index in [4.69, 9.17) is 10.5 Å². The van der Waals surface area contributed by atoms with Crippen molar-refractivity contribution >= 4 is 17.3 Å². The summed E-state index contributed by atoms with van der Waals surface area (Å²) < 4.78 is 5.44. The van der Waals surface area contributed by atoms with Crippen molar-refractivity contribution in [2.75, 3.05) is 23.8 Å². The molecule has 0 radical (unpaired) electrons. The Morgan fingerprint density at radius 2 is 2.11 bits per heavy atom. The quantitative estimate of drug-likeness (QED) is 0.814. The molecule has 2 aliphatic rings. The maximum absolute atomic E-state index is 12.0. The van der Waals surface area contributed by atoms with E-state index in [9.17, 15) is 4.79 Å². The van der Waals surface area contributed by atoms with Gasteiger partial charge < -0.3 is 15.4 Å². The zero-order valence-electron chi connectivity index (χ0n) is 10.4. The van der Waals surface area contributed by atoms with E-state index in [0.29, 0.717) is 11.6 Å². The van der Waals surface area contributed by atoms with Gasteiger partial charge >= 0.3 is 0 Å². The van der Waals surface area contributed by atoms with Crippen molar-refractivity contribution in [3.63, 3.8) is 0 Å². The number of ether oxygens (including phenoxy) is 1. The lowest BCUT2D eigenvalue weighted by molar-refractivity contribution is -0.121. The molecule has 0 spiro atoms. The van der Waals surface area contributed by atoms with Crippen LogP contribution in [0.4, 0.5) is 11.4 Å². The Balaban J connectivity index is 1.91. The second kappa shape index (κ2) is 4.52. The van der Waals surface area contributed by atoms with Crippen LogP contribution in [0.25, 0.3) is 0 Å². The number of anilines is 2. The first-order valence-electron chi connectivity index (χ1n) is 6.57. The van der Waals surface area contributed by atoms with Crippen LogP contribution in [0.15, 0.2) is 18.2 Å². The molecule has 1 aromatic carbocycles. The van der Waals surface area contributed by atoms with Crippen molar-refractivity contribution in [1.29, 1.82) is 0 Å². The molecule has 1 aliphatic heterocycles. The highest BCUT2D eigenvalue weighted by molar-refractivity contribution is 6.01. The van der Waals surface area contributed by atoms with Crippen molar-refractivity contribution in [1.82, 2.24) is 0 Å². The first-order chi connectivity index (χ1) is 8.75. The number of nitrogens with two attached hydrogens (primary N) is 1. The van der Waals surface area contributed by atoms with E-state index in [1.807, 2.05) is 23.1 Å². The summed E-state index contributed by atoms with van der Waals surface area (Å²) in [5.41, 5.74) is 7.38. The minimum Gasteiger partial charge on any atom is -0.481 e. The highest BCUT2D eigenvalue weighted by Crippen LogP contribution is 2.38. The van der Waals surface area contributed by atoms with Crippen LogP contribution in [-0.2, 0) is 4.79 Å². The predicted molar refractivity (Wildman–Crippen MR) is 70.7 cm³/mol. The van der Waals surface area contributed by atoms with Crippen LogP contribution >= 0.6 is 0 Å². The Bertz CT molecular complexity index is 467. The number of carbonyl (C=O) groups excluding carboxylic acids is 1. The van der Waals surface area contributed by atoms with Gasteiger partial charge in [-0.3, -0.25) is 4.79 Å². The zero-order chi connectivity index (χ0) is 12.5. The summed E-state index contributed by atoms with van der Waals surface area (Å²) in [5.74, 6) is 1.36. The third-order valence-electron chi connectivity index (χ3n) is 3.87. The minimum absolute atomic E-state index is 0.0206. The number of para-hydroxylation sites is 1. The molecule has 0 saturated heterocycles. The smallest absolute Gasteiger partial charge is 0.265 e. The fraction of sp³-hybridized carbons (Fsp3) is 0.500. The van der Waals surface area contributed by atoms with Crippen molar-refractivity contribution in [3.05, 3.63) is 18.2 Å². The zero-order valence-corrected chi connectivity index (χ0v) is 10.4. The topological polar surface area (TPSA) is 55.6 Å². The van der Waals surface area contributed by atoms with Crippen molar-refractivity contribution in [2.24, 2.45) is 5.92 Å². The van der Waals surface area contributed by atoms with Crippen LogP contribution in [0.5, 0.6) is 5.75 Å². The first kappa shape index (κ1) is 11.4. The fourth-order valence-electron chi connectivity index (χ4n) is 2.93. The third-order valence-corrected chi connectivity index (χ3v) is 3.87. The Morgan fingerprint density at radius 1 is 1.33 bits per heavy atom. The van der Waals surface area contributed by atoms with Gasteiger partial charge in [-0.15, -0.1) is 0 Å². The van der Waals surface area contributed by atoms with Crippen LogP contribution in [0.3, 0.4) is 0 Å². The maximum Gasteiger partial charge on any atom is 0.265 e. The average molecular weight is 246 g/mol. The second-order valence-electron chi connectivity index (χ2n) is 5.14. The molecule has 0 aromatic heterocycles. The fourth-order valence-corrected chi connectivity index (χ4v) is 2.93. The molecule has 0 atom stereocenters. The highest BCUT2D eigenvalue weighted by atomic mass is 16.5. The third kappa shape index (κ3) is 1.92. The lowest BCUT2D eigenvalue weighted by atomic mass is 10.1. The van der Waals surface area contributed by atoms with Gasteiger partial charge in [-0.25, -0.2) is 0 Å². The summed E-state index contributed by atoms with van der Waals surface area (Å²) in [6.45, 7) is 0.909. The van der Waals surface area contributed by atoms with E-state index in [2.05, 4.69) is 0 Å². The molecular formula is C14H18N2O2. The van der Waals surface area contributed by atoms with Gasteiger partial charge in [0.15, 0.2) is 6.61 Å². The van der Waals surface area contributed by atoms with Crippen LogP contribution in [0.1, 0.15) is 25.7 Å². The molecule has 0 bridgehead atoms. The Kier molecular flexibility index (Phi) is 2.86. The molecule has 1 aromatic rings. The lowest BCUT2D eigenvalue weighted by Crippen LogP contribution is -2.41. The summed E-state index contributed by atoms with van der Waals surface area (Å²) in [5, 5.41) is 0. The largest absolute Gasteiger partial charge is 0.481 e. The Labute approximate surface area is 107 Å². The number of nitrogen functional groups attached to an aromatic ring is 1. The van der Waals surface area contributed by atoms with E-state index >= 15 is 0 Å². The lowest BCUT2D eigenvalue weighted by Gasteiger charge is -2.32. The molecule has 2 N–H and O–H groups in total. The van der Waals surface area contributed by atoms with Crippen LogP contribution in [0.2, 0.25) is 0 Å². The molecule has 1 amide bonds. The number of nitrogens with zero attached hydrogens (tertiary/aromatic N) is 1. The SMILES string of the molecule is Nc1cccc2c1N(CC1CCCC1)C(=O)CO2. The first-order valence-corrected chi connectivity index (χ1v) is 6.57. The minimum atomic E-state index is 0.0206. The molecule has 96 valence electrons. The van der Waals surface area contributed by atoms with Gasteiger partial charge in [-0.1, -0.05) is 18.9 Å². The molecule has 4 nitrogen and oxygen atoms in total. The molecule has 0 unspecified atom stereocenters. The monoisotopic (exact) mass is 246 g/mol. The number of amides is 1. The average Bonchev–Trinajstić information content (AvgIpc) is 2.86. The van der Waals surface area contributed by atoms with Gasteiger partial charge in [-0.2, -0.15) is 0 Å². The van der Waals surface area contributed by atoms with Gasteiger partial charge in [0.05, 0.1) is 5.69 Å². The number of fused-ring (bicyclic) bond motifs is 1. The van der Waals surface area contributed by atoms with E-state index in [0.717, 1.165) is 18.0 Å². The van der Waals surface area contributed by atoms with E-state index in [-0.39, 0.29) is 12.5 Å². The van der Waals surface area contributed by atoms with Crippen LogP contribution in [0, 0.1) is 5.92 Å². The summed E-state index contributed by atoms with van der Waals surface area (Å²) in [6.07, 6.45) is 4.99. The molecule has 3 rings (SSSR count). The van der Waals surface area contributed by atoms with Gasteiger partial charge in [-0.05, 0) is 30.9 Å². The second-order valence-corrected chi connectivity index (χ2v) is 5.14. The molecule has 4 heteroatoms. The normalized spacial score (nSPS) is 19.8. The Morgan fingerprint density at radius 3 is 2.89 bits per heavy atom. The van der Waals surface area contributed by atoms with Gasteiger partial charge in [0, 0.05) is 6.54 Å². The summed E-state index contributed by atoms with van der Waals surface area (Å²) >= 11 is 0. The molecule has 1 heterocycles. The number of hydrogen-bond acceptors (Lipinski definition) is 3. The predicted octanol–water partition coefficient (Wildman–Crippen LogP) is 2.18. The number of hydrogen-bond donors (Lipinski definition) is 1. The van der Waals surface area contributed by atoms with Crippen LogP contribution < -0.4 is 15.4 Å². The Hall–Kier alpha value is -1.71. The molecule has 1 saturated carbocycles. The maximum atomic E-state index is 12.0. The molecule has 18 heavy (non-hydrogen) atoms. The van der Waals surface area contributed by atoms with Gasteiger partial charge in [0.25, 0.3) is 5.91 Å². The number of benzene rings is 1. The number of carbonyl (C=O) groups is 1. The van der Waals surface area contributed by atoms with Gasteiger partial charge in [0.1, 0.15) is 11.4 Å². The van der Waals surface area contributed by atoms with E-state index in [1.165, 1.54) is 25.7 Å². The molecule has 1 aliphatic carbocycles. The molecular weight excluding hydrogens is 228 g/mol. The molecule has 1 fully saturated rings. The van der Waals surface area contributed by atoms with Crippen molar-refractivity contribution in [2.45, 2.75) is 25.7 Å². The number of rotatable bonds is 2. The summed E-state index contributed by atoms with van der Waals surface area (Å²) in [4.78, 5) is 13.9. The summed E-state index contributed by atoms with van der Waals surface area (Å²) in [7, 11) is 0. The van der Waals surface area contributed by atoms with Crippen molar-refractivity contribution in [3.8, 4) is 5.75 Å². The van der Waals surface area contributed by atoms with Crippen LogP contribution in [-0.4, -0.2) is 19.1 Å². The highest BCUT2D eigenvalue weighted by Gasteiger charge is 2.30. The van der Waals surface area contributed by atoms with Crippen molar-refractivity contribution < 1.29 is 9.53 Å². The summed E-state index contributed by atoms with van der Waals surface area (Å²) in [6, 6.07) is 5.56. The van der Waals surface area contributed by atoms with E-state index < -0.39 is 0 Å². The van der Waals surface area contributed by atoms with E-state index in [1.54, 1.807) is 0 Å².